The van der Waals surface area contributed by atoms with E-state index in [-0.39, 0.29) is 11.8 Å². The number of anilines is 1. The van der Waals surface area contributed by atoms with Crippen LogP contribution in [0.5, 0.6) is 0 Å². The molecule has 0 radical (unpaired) electrons. The molecular weight excluding hydrogens is 520 g/mol. The van der Waals surface area contributed by atoms with E-state index in [0.29, 0.717) is 11.3 Å². The Kier molecular flexibility index (Phi) is 8.06. The lowest BCUT2D eigenvalue weighted by atomic mass is 9.71. The van der Waals surface area contributed by atoms with E-state index in [1.165, 1.54) is 37.1 Å². The second-order valence-corrected chi connectivity index (χ2v) is 14.3. The number of aryl methyl sites for hydroxylation is 2. The van der Waals surface area contributed by atoms with E-state index in [1.807, 2.05) is 18.5 Å². The number of likely N-dealkylation sites (tertiary alicyclic amines) is 1. The fourth-order valence-corrected chi connectivity index (χ4v) is 7.85. The van der Waals surface area contributed by atoms with Gasteiger partial charge >= 0.3 is 0 Å². The first-order valence-corrected chi connectivity index (χ1v) is 16.7. The molecule has 1 N–H and O–H groups in total. The van der Waals surface area contributed by atoms with Crippen molar-refractivity contribution in [3.05, 3.63) is 60.2 Å². The van der Waals surface area contributed by atoms with Crippen molar-refractivity contribution in [2.45, 2.75) is 64.3 Å². The molecule has 6 rings (SSSR count). The van der Waals surface area contributed by atoms with Crippen LogP contribution in [-0.2, 0) is 22.9 Å². The van der Waals surface area contributed by atoms with Crippen LogP contribution < -0.4 is 9.62 Å². The highest BCUT2D eigenvalue weighted by molar-refractivity contribution is 7.89. The number of nitrogens with one attached hydrogen (secondary N) is 1. The average molecular weight is 563 g/mol. The fraction of sp³-hybridized carbons (Fsp3) is 0.581. The average Bonchev–Trinajstić information content (AvgIpc) is 2.96. The molecule has 4 heterocycles. The molecule has 1 saturated carbocycles. The SMILES string of the molecule is CCS(=O)(=O)N[C@H]1CC[C@H](CN2CCC3(CC2)CN(c2ncnc4ccc(CCc5cccnc5)cc24)C3)CC1. The molecule has 2 aliphatic heterocycles. The monoisotopic (exact) mass is 562 g/mol. The van der Waals surface area contributed by atoms with Crippen molar-refractivity contribution in [2.24, 2.45) is 11.3 Å². The summed E-state index contributed by atoms with van der Waals surface area (Å²) >= 11 is 0. The van der Waals surface area contributed by atoms with Crippen LogP contribution >= 0.6 is 0 Å². The number of piperidine rings is 1. The van der Waals surface area contributed by atoms with E-state index in [4.69, 9.17) is 4.98 Å². The fourth-order valence-electron chi connectivity index (χ4n) is 6.94. The number of aromatic nitrogens is 3. The van der Waals surface area contributed by atoms with Gasteiger partial charge in [0.1, 0.15) is 12.1 Å². The van der Waals surface area contributed by atoms with Crippen molar-refractivity contribution >= 4 is 26.7 Å². The number of pyridine rings is 1. The minimum atomic E-state index is -3.10. The molecule has 1 spiro atoms. The maximum Gasteiger partial charge on any atom is 0.211 e. The van der Waals surface area contributed by atoms with Gasteiger partial charge in [0.2, 0.25) is 10.0 Å². The Morgan fingerprint density at radius 1 is 1.00 bits per heavy atom. The topological polar surface area (TPSA) is 91.3 Å². The van der Waals surface area contributed by atoms with Gasteiger partial charge in [-0.3, -0.25) is 4.98 Å². The number of hydrogen-bond donors (Lipinski definition) is 1. The van der Waals surface area contributed by atoms with Crippen molar-refractivity contribution in [3.8, 4) is 0 Å². The van der Waals surface area contributed by atoms with Crippen LogP contribution in [-0.4, -0.2) is 72.8 Å². The summed E-state index contributed by atoms with van der Waals surface area (Å²) in [6.07, 6.45) is 14.1. The Morgan fingerprint density at radius 3 is 2.50 bits per heavy atom. The van der Waals surface area contributed by atoms with Gasteiger partial charge in [-0.05, 0) is 107 Å². The number of nitrogens with zero attached hydrogens (tertiary/aromatic N) is 5. The van der Waals surface area contributed by atoms with Gasteiger partial charge in [0.05, 0.1) is 11.3 Å². The summed E-state index contributed by atoms with van der Waals surface area (Å²) in [6.45, 7) is 7.35. The van der Waals surface area contributed by atoms with Gasteiger partial charge in [-0.2, -0.15) is 0 Å². The van der Waals surface area contributed by atoms with E-state index in [9.17, 15) is 8.42 Å². The predicted octanol–water partition coefficient (Wildman–Crippen LogP) is 4.21. The third-order valence-electron chi connectivity index (χ3n) is 9.46. The zero-order valence-corrected chi connectivity index (χ0v) is 24.5. The first kappa shape index (κ1) is 27.5. The normalized spacial score (nSPS) is 23.4. The van der Waals surface area contributed by atoms with E-state index < -0.39 is 10.0 Å². The lowest BCUT2D eigenvalue weighted by molar-refractivity contribution is 0.0621. The van der Waals surface area contributed by atoms with Crippen LogP contribution in [0.3, 0.4) is 0 Å². The van der Waals surface area contributed by atoms with Gasteiger partial charge in [0.25, 0.3) is 0 Å². The van der Waals surface area contributed by atoms with Crippen LogP contribution in [0.15, 0.2) is 49.1 Å². The highest BCUT2D eigenvalue weighted by Crippen LogP contribution is 2.44. The Hall–Kier alpha value is -2.62. The Morgan fingerprint density at radius 2 is 1.77 bits per heavy atom. The lowest BCUT2D eigenvalue weighted by Gasteiger charge is -2.55. The first-order valence-electron chi connectivity index (χ1n) is 15.0. The quantitative estimate of drug-likeness (QED) is 0.418. The number of rotatable bonds is 9. The van der Waals surface area contributed by atoms with Crippen LogP contribution in [0.25, 0.3) is 10.9 Å². The van der Waals surface area contributed by atoms with Crippen molar-refractivity contribution in [1.29, 1.82) is 0 Å². The Labute approximate surface area is 238 Å². The summed E-state index contributed by atoms with van der Waals surface area (Å²) in [5.41, 5.74) is 3.99. The van der Waals surface area contributed by atoms with Crippen molar-refractivity contribution < 1.29 is 8.42 Å². The summed E-state index contributed by atoms with van der Waals surface area (Å²) < 4.78 is 26.7. The van der Waals surface area contributed by atoms with Crippen LogP contribution in [0.1, 0.15) is 56.6 Å². The zero-order valence-electron chi connectivity index (χ0n) is 23.6. The number of hydrogen-bond acceptors (Lipinski definition) is 7. The number of sulfonamides is 1. The number of fused-ring (bicyclic) bond motifs is 1. The van der Waals surface area contributed by atoms with Crippen LogP contribution in [0, 0.1) is 11.3 Å². The third-order valence-corrected chi connectivity index (χ3v) is 10.9. The van der Waals surface area contributed by atoms with Crippen LogP contribution in [0.4, 0.5) is 5.82 Å². The highest BCUT2D eigenvalue weighted by atomic mass is 32.2. The van der Waals surface area contributed by atoms with Gasteiger partial charge in [0, 0.05) is 48.9 Å². The van der Waals surface area contributed by atoms with Gasteiger partial charge in [0.15, 0.2) is 0 Å². The van der Waals surface area contributed by atoms with Gasteiger partial charge < -0.3 is 9.80 Å². The minimum absolute atomic E-state index is 0.127. The molecule has 2 aromatic heterocycles. The standard InChI is InChI=1S/C31H42N6O2S/c1-2-40(38,39)35-27-10-7-26(8-11-27)20-36-16-13-31(14-17-36)21-37(22-31)30-28-18-24(9-12-29(28)33-23-34-30)5-6-25-4-3-15-32-19-25/h3-4,9,12,15,18-19,23,26-27,35H,2,5-8,10-11,13-14,16-17,20-22H2,1H3/t26-,27-. The molecule has 8 nitrogen and oxygen atoms in total. The second kappa shape index (κ2) is 11.7. The van der Waals surface area contributed by atoms with Crippen LogP contribution in [0.2, 0.25) is 0 Å². The maximum absolute atomic E-state index is 11.9. The molecule has 9 heteroatoms. The highest BCUT2D eigenvalue weighted by Gasteiger charge is 2.46. The summed E-state index contributed by atoms with van der Waals surface area (Å²) in [6, 6.07) is 10.9. The van der Waals surface area contributed by atoms with Gasteiger partial charge in [-0.15, -0.1) is 0 Å². The first-order chi connectivity index (χ1) is 19.4. The Bertz CT molecular complexity index is 1390. The van der Waals surface area contributed by atoms with Crippen molar-refractivity contribution in [2.75, 3.05) is 43.4 Å². The smallest absolute Gasteiger partial charge is 0.211 e. The molecule has 0 atom stereocenters. The molecule has 3 aromatic rings. The summed E-state index contributed by atoms with van der Waals surface area (Å²) in [5.74, 6) is 1.94. The Balaban J connectivity index is 1.00. The molecule has 2 saturated heterocycles. The summed E-state index contributed by atoms with van der Waals surface area (Å²) in [7, 11) is -3.10. The number of benzene rings is 1. The van der Waals surface area contributed by atoms with Crippen molar-refractivity contribution in [3.63, 3.8) is 0 Å². The van der Waals surface area contributed by atoms with Gasteiger partial charge in [-0.1, -0.05) is 12.1 Å². The second-order valence-electron chi connectivity index (χ2n) is 12.3. The summed E-state index contributed by atoms with van der Waals surface area (Å²) in [4.78, 5) is 18.7. The molecule has 40 heavy (non-hydrogen) atoms. The van der Waals surface area contributed by atoms with Gasteiger partial charge in [-0.25, -0.2) is 23.1 Å². The van der Waals surface area contributed by atoms with E-state index in [2.05, 4.69) is 48.8 Å². The zero-order chi connectivity index (χ0) is 27.6. The molecule has 214 valence electrons. The molecule has 0 amide bonds. The van der Waals surface area contributed by atoms with Crippen molar-refractivity contribution in [1.82, 2.24) is 24.6 Å². The molecule has 0 bridgehead atoms. The predicted molar refractivity (Wildman–Crippen MR) is 160 cm³/mol. The minimum Gasteiger partial charge on any atom is -0.355 e. The molecule has 3 fully saturated rings. The van der Waals surface area contributed by atoms with E-state index >= 15 is 0 Å². The largest absolute Gasteiger partial charge is 0.355 e. The van der Waals surface area contributed by atoms with E-state index in [1.54, 1.807) is 13.3 Å². The third kappa shape index (κ3) is 6.31. The van der Waals surface area contributed by atoms with E-state index in [0.717, 1.165) is 74.9 Å². The molecule has 1 aromatic carbocycles. The summed E-state index contributed by atoms with van der Waals surface area (Å²) in [5, 5.41) is 1.16. The molecule has 3 aliphatic rings. The maximum atomic E-state index is 11.9. The lowest BCUT2D eigenvalue weighted by Crippen LogP contribution is -2.61. The molecule has 0 unspecified atom stereocenters. The molecule has 1 aliphatic carbocycles. The molecular formula is C31H42N6O2S.